The van der Waals surface area contributed by atoms with Gasteiger partial charge in [0.2, 0.25) is 0 Å². The van der Waals surface area contributed by atoms with Crippen molar-refractivity contribution in [2.24, 2.45) is 5.92 Å². The molecule has 1 atom stereocenters. The van der Waals surface area contributed by atoms with Gasteiger partial charge in [0.05, 0.1) is 0 Å². The number of halogens is 1. The van der Waals surface area contributed by atoms with Crippen LogP contribution in [0.25, 0.3) is 6.08 Å². The molecule has 1 saturated heterocycles. The van der Waals surface area contributed by atoms with Gasteiger partial charge in [-0.3, -0.25) is 4.90 Å². The third-order valence-corrected chi connectivity index (χ3v) is 3.98. The number of benzene rings is 1. The second-order valence-corrected chi connectivity index (χ2v) is 5.84. The SMILES string of the molecule is CC1CCCN(Cc2ccc(F)c(C=CC(=O)O)c2)CC1. The maximum atomic E-state index is 13.7. The van der Waals surface area contributed by atoms with E-state index in [0.29, 0.717) is 5.56 Å². The van der Waals surface area contributed by atoms with E-state index in [4.69, 9.17) is 5.11 Å². The van der Waals surface area contributed by atoms with Crippen LogP contribution in [0.15, 0.2) is 24.3 Å². The first-order valence-electron chi connectivity index (χ1n) is 7.46. The summed E-state index contributed by atoms with van der Waals surface area (Å²) in [6.45, 7) is 5.22. The van der Waals surface area contributed by atoms with E-state index in [0.717, 1.165) is 37.2 Å². The normalized spacial score (nSPS) is 20.6. The van der Waals surface area contributed by atoms with Crippen molar-refractivity contribution in [1.82, 2.24) is 4.90 Å². The molecular weight excluding hydrogens is 269 g/mol. The minimum absolute atomic E-state index is 0.332. The van der Waals surface area contributed by atoms with E-state index in [1.807, 2.05) is 0 Å². The fraction of sp³-hybridized carbons (Fsp3) is 0.471. The molecule has 1 aromatic rings. The summed E-state index contributed by atoms with van der Waals surface area (Å²) in [6.07, 6.45) is 5.95. The van der Waals surface area contributed by atoms with E-state index in [2.05, 4.69) is 11.8 Å². The summed E-state index contributed by atoms with van der Waals surface area (Å²) in [7, 11) is 0. The van der Waals surface area contributed by atoms with Gasteiger partial charge in [0.1, 0.15) is 5.82 Å². The lowest BCUT2D eigenvalue weighted by Crippen LogP contribution is -2.24. The lowest BCUT2D eigenvalue weighted by Gasteiger charge is -2.20. The standard InChI is InChI=1S/C17H22FNO2/c1-13-3-2-9-19(10-8-13)12-14-4-6-16(18)15(11-14)5-7-17(20)21/h4-7,11,13H,2-3,8-10,12H2,1H3,(H,20,21). The monoisotopic (exact) mass is 291 g/mol. The minimum atomic E-state index is -1.07. The van der Waals surface area contributed by atoms with Gasteiger partial charge in [-0.1, -0.05) is 13.0 Å². The number of rotatable bonds is 4. The highest BCUT2D eigenvalue weighted by atomic mass is 19.1. The molecule has 0 saturated carbocycles. The van der Waals surface area contributed by atoms with Gasteiger partial charge in [0, 0.05) is 18.2 Å². The quantitative estimate of drug-likeness (QED) is 0.863. The predicted octanol–water partition coefficient (Wildman–Crippen LogP) is 3.55. The van der Waals surface area contributed by atoms with Gasteiger partial charge in [-0.15, -0.1) is 0 Å². The number of aliphatic carboxylic acids is 1. The second kappa shape index (κ2) is 7.36. The Balaban J connectivity index is 2.06. The van der Waals surface area contributed by atoms with Crippen molar-refractivity contribution in [3.05, 3.63) is 41.2 Å². The highest BCUT2D eigenvalue weighted by molar-refractivity contribution is 5.85. The third kappa shape index (κ3) is 4.97. The number of hydrogen-bond donors (Lipinski definition) is 1. The number of nitrogens with zero attached hydrogens (tertiary/aromatic N) is 1. The van der Waals surface area contributed by atoms with E-state index < -0.39 is 5.97 Å². The summed E-state index contributed by atoms with van der Waals surface area (Å²) in [5.41, 5.74) is 1.36. The van der Waals surface area contributed by atoms with Crippen molar-refractivity contribution >= 4 is 12.0 Å². The molecule has 1 aliphatic heterocycles. The molecular formula is C17H22FNO2. The molecule has 114 valence electrons. The molecule has 1 N–H and O–H groups in total. The second-order valence-electron chi connectivity index (χ2n) is 5.84. The summed E-state index contributed by atoms with van der Waals surface area (Å²) in [4.78, 5) is 12.9. The predicted molar refractivity (Wildman–Crippen MR) is 81.4 cm³/mol. The molecule has 0 spiro atoms. The Kier molecular flexibility index (Phi) is 5.51. The summed E-state index contributed by atoms with van der Waals surface area (Å²) in [5, 5.41) is 8.63. The molecule has 2 rings (SSSR count). The maximum absolute atomic E-state index is 13.7. The van der Waals surface area contributed by atoms with Gasteiger partial charge in [-0.05, 0) is 62.0 Å². The lowest BCUT2D eigenvalue weighted by molar-refractivity contribution is -0.131. The summed E-state index contributed by atoms with van der Waals surface area (Å²) in [5.74, 6) is -0.681. The van der Waals surface area contributed by atoms with E-state index in [1.165, 1.54) is 31.4 Å². The first-order chi connectivity index (χ1) is 10.0. The minimum Gasteiger partial charge on any atom is -0.478 e. The average Bonchev–Trinajstić information content (AvgIpc) is 2.64. The number of likely N-dealkylation sites (tertiary alicyclic amines) is 1. The van der Waals surface area contributed by atoms with Crippen molar-refractivity contribution in [2.75, 3.05) is 13.1 Å². The van der Waals surface area contributed by atoms with Gasteiger partial charge in [0.25, 0.3) is 0 Å². The molecule has 1 heterocycles. The van der Waals surface area contributed by atoms with Crippen LogP contribution in [-0.4, -0.2) is 29.1 Å². The Bertz CT molecular complexity index is 528. The number of carboxylic acids is 1. The first kappa shape index (κ1) is 15.7. The molecule has 0 radical (unpaired) electrons. The zero-order chi connectivity index (χ0) is 15.2. The van der Waals surface area contributed by atoms with Crippen LogP contribution < -0.4 is 0 Å². The number of hydrogen-bond acceptors (Lipinski definition) is 2. The Morgan fingerprint density at radius 2 is 2.24 bits per heavy atom. The summed E-state index contributed by atoms with van der Waals surface area (Å²) >= 11 is 0. The smallest absolute Gasteiger partial charge is 0.328 e. The Labute approximate surface area is 125 Å². The molecule has 4 heteroatoms. The van der Waals surface area contributed by atoms with Crippen LogP contribution in [0.2, 0.25) is 0 Å². The first-order valence-corrected chi connectivity index (χ1v) is 7.46. The van der Waals surface area contributed by atoms with E-state index >= 15 is 0 Å². The van der Waals surface area contributed by atoms with Crippen LogP contribution in [0, 0.1) is 11.7 Å². The Morgan fingerprint density at radius 1 is 1.43 bits per heavy atom. The third-order valence-electron chi connectivity index (χ3n) is 3.98. The number of carbonyl (C=O) groups is 1. The molecule has 1 fully saturated rings. The average molecular weight is 291 g/mol. The van der Waals surface area contributed by atoms with Gasteiger partial charge in [-0.25, -0.2) is 9.18 Å². The van der Waals surface area contributed by atoms with Crippen LogP contribution in [0.4, 0.5) is 4.39 Å². The van der Waals surface area contributed by atoms with Crippen molar-refractivity contribution in [3.63, 3.8) is 0 Å². The van der Waals surface area contributed by atoms with Gasteiger partial charge < -0.3 is 5.11 Å². The molecule has 1 aromatic carbocycles. The van der Waals surface area contributed by atoms with E-state index in [1.54, 1.807) is 12.1 Å². The molecule has 1 aliphatic rings. The summed E-state index contributed by atoms with van der Waals surface area (Å²) < 4.78 is 13.7. The molecule has 0 aromatic heterocycles. The lowest BCUT2D eigenvalue weighted by atomic mass is 10.0. The fourth-order valence-electron chi connectivity index (χ4n) is 2.72. The van der Waals surface area contributed by atoms with E-state index in [-0.39, 0.29) is 5.82 Å². The van der Waals surface area contributed by atoms with Gasteiger partial charge in [0.15, 0.2) is 0 Å². The van der Waals surface area contributed by atoms with Crippen molar-refractivity contribution in [3.8, 4) is 0 Å². The van der Waals surface area contributed by atoms with Crippen LogP contribution in [0.3, 0.4) is 0 Å². The topological polar surface area (TPSA) is 40.5 Å². The Hall–Kier alpha value is -1.68. The van der Waals surface area contributed by atoms with Crippen molar-refractivity contribution < 1.29 is 14.3 Å². The van der Waals surface area contributed by atoms with Gasteiger partial charge >= 0.3 is 5.97 Å². The molecule has 0 aliphatic carbocycles. The van der Waals surface area contributed by atoms with Crippen LogP contribution >= 0.6 is 0 Å². The largest absolute Gasteiger partial charge is 0.478 e. The fourth-order valence-corrected chi connectivity index (χ4v) is 2.72. The highest BCUT2D eigenvalue weighted by Gasteiger charge is 2.14. The van der Waals surface area contributed by atoms with Crippen LogP contribution in [-0.2, 0) is 11.3 Å². The maximum Gasteiger partial charge on any atom is 0.328 e. The van der Waals surface area contributed by atoms with Crippen LogP contribution in [0.1, 0.15) is 37.3 Å². The highest BCUT2D eigenvalue weighted by Crippen LogP contribution is 2.19. The molecule has 21 heavy (non-hydrogen) atoms. The molecule has 3 nitrogen and oxygen atoms in total. The van der Waals surface area contributed by atoms with Crippen molar-refractivity contribution in [2.45, 2.75) is 32.7 Å². The summed E-state index contributed by atoms with van der Waals surface area (Å²) in [6, 6.07) is 4.93. The molecule has 0 bridgehead atoms. The zero-order valence-corrected chi connectivity index (χ0v) is 12.4. The molecule has 1 unspecified atom stereocenters. The van der Waals surface area contributed by atoms with E-state index in [9.17, 15) is 9.18 Å². The van der Waals surface area contributed by atoms with Crippen LogP contribution in [0.5, 0.6) is 0 Å². The van der Waals surface area contributed by atoms with Crippen molar-refractivity contribution in [1.29, 1.82) is 0 Å². The zero-order valence-electron chi connectivity index (χ0n) is 12.4. The Morgan fingerprint density at radius 3 is 3.00 bits per heavy atom. The molecule has 0 amide bonds. The number of carboxylic acid groups (broad SMARTS) is 1. The van der Waals surface area contributed by atoms with Gasteiger partial charge in [-0.2, -0.15) is 0 Å².